The zero-order chi connectivity index (χ0) is 13.8. The van der Waals surface area contributed by atoms with Crippen LogP contribution in [0.5, 0.6) is 0 Å². The third-order valence-electron chi connectivity index (χ3n) is 1.88. The van der Waals surface area contributed by atoms with Gasteiger partial charge in [-0.2, -0.15) is 0 Å². The maximum absolute atomic E-state index is 11.5. The van der Waals surface area contributed by atoms with Crippen LogP contribution in [0.4, 0.5) is 5.82 Å². The van der Waals surface area contributed by atoms with E-state index in [1.165, 1.54) is 0 Å². The number of nitrogens with zero attached hydrogens (tertiary/aromatic N) is 2. The van der Waals surface area contributed by atoms with Crippen LogP contribution >= 0.6 is 0 Å². The van der Waals surface area contributed by atoms with E-state index >= 15 is 0 Å². The van der Waals surface area contributed by atoms with E-state index in [2.05, 4.69) is 25.6 Å². The van der Waals surface area contributed by atoms with Crippen LogP contribution in [0.25, 0.3) is 0 Å². The first kappa shape index (κ1) is 13.9. The predicted molar refractivity (Wildman–Crippen MR) is 63.6 cm³/mol. The lowest BCUT2D eigenvalue weighted by atomic mass is 10.1. The average Bonchev–Trinajstić information content (AvgIpc) is 2.61. The maximum Gasteiger partial charge on any atom is 0.277 e. The summed E-state index contributed by atoms with van der Waals surface area (Å²) < 4.78 is 4.29. The molecule has 0 aliphatic rings. The molecule has 0 aliphatic carbocycles. The molecule has 0 fully saturated rings. The highest BCUT2D eigenvalue weighted by Gasteiger charge is 2.17. The Kier molecular flexibility index (Phi) is 4.24. The Labute approximate surface area is 104 Å². The van der Waals surface area contributed by atoms with Crippen molar-refractivity contribution in [3.8, 4) is 0 Å². The Bertz CT molecular complexity index is 435. The van der Waals surface area contributed by atoms with Crippen molar-refractivity contribution in [2.24, 2.45) is 0 Å². The first-order valence-corrected chi connectivity index (χ1v) is 5.47. The molecule has 4 N–H and O–H groups in total. The van der Waals surface area contributed by atoms with Gasteiger partial charge in [0.1, 0.15) is 0 Å². The highest BCUT2D eigenvalue weighted by Crippen LogP contribution is 2.03. The number of nitrogens with two attached hydrogens (primary N) is 1. The summed E-state index contributed by atoms with van der Waals surface area (Å²) in [6.45, 7) is 5.83. The largest absolute Gasteiger partial charge is 0.379 e. The second kappa shape index (κ2) is 5.48. The number of carbonyl (C=O) groups is 2. The van der Waals surface area contributed by atoms with Gasteiger partial charge in [0.2, 0.25) is 17.4 Å². The zero-order valence-electron chi connectivity index (χ0n) is 10.6. The standard InChI is InChI=1S/C10H17N5O3/c1-10(2,3)13-6(16)4-5-12-9(17)7-8(11)15-18-14-7/h4-5H2,1-3H3,(H2,11,15)(H,12,17)(H,13,16). The van der Waals surface area contributed by atoms with E-state index in [0.717, 1.165) is 0 Å². The van der Waals surface area contributed by atoms with Gasteiger partial charge in [-0.15, -0.1) is 0 Å². The highest BCUT2D eigenvalue weighted by atomic mass is 16.6. The summed E-state index contributed by atoms with van der Waals surface area (Å²) in [5, 5.41) is 11.9. The molecule has 0 aromatic carbocycles. The summed E-state index contributed by atoms with van der Waals surface area (Å²) in [7, 11) is 0. The van der Waals surface area contributed by atoms with Crippen molar-refractivity contribution >= 4 is 17.6 Å². The molecular formula is C10H17N5O3. The molecule has 0 radical (unpaired) electrons. The Morgan fingerprint density at radius 1 is 1.33 bits per heavy atom. The average molecular weight is 255 g/mol. The van der Waals surface area contributed by atoms with Crippen LogP contribution < -0.4 is 16.4 Å². The number of aromatic nitrogens is 2. The molecule has 1 rings (SSSR count). The third kappa shape index (κ3) is 4.40. The molecule has 8 nitrogen and oxygen atoms in total. The smallest absolute Gasteiger partial charge is 0.277 e. The monoisotopic (exact) mass is 255 g/mol. The summed E-state index contributed by atoms with van der Waals surface area (Å²) in [6, 6.07) is 0. The van der Waals surface area contributed by atoms with E-state index in [1.54, 1.807) is 0 Å². The molecule has 100 valence electrons. The number of hydrogen-bond acceptors (Lipinski definition) is 6. The quantitative estimate of drug-likeness (QED) is 0.678. The lowest BCUT2D eigenvalue weighted by Crippen LogP contribution is -2.42. The number of carbonyl (C=O) groups excluding carboxylic acids is 2. The summed E-state index contributed by atoms with van der Waals surface area (Å²) in [6.07, 6.45) is 0.175. The molecule has 0 saturated heterocycles. The zero-order valence-corrected chi connectivity index (χ0v) is 10.6. The molecule has 0 atom stereocenters. The Morgan fingerprint density at radius 3 is 2.50 bits per heavy atom. The molecule has 1 aromatic heterocycles. The summed E-state index contributed by atoms with van der Waals surface area (Å²) in [4.78, 5) is 23.0. The van der Waals surface area contributed by atoms with E-state index in [1.807, 2.05) is 20.8 Å². The Hall–Kier alpha value is -2.12. The second-order valence-corrected chi connectivity index (χ2v) is 4.80. The topological polar surface area (TPSA) is 123 Å². The number of anilines is 1. The molecule has 8 heteroatoms. The van der Waals surface area contributed by atoms with Gasteiger partial charge in [0.05, 0.1) is 0 Å². The second-order valence-electron chi connectivity index (χ2n) is 4.80. The maximum atomic E-state index is 11.5. The lowest BCUT2D eigenvalue weighted by Gasteiger charge is -2.20. The fraction of sp³-hybridized carbons (Fsp3) is 0.600. The van der Waals surface area contributed by atoms with E-state index in [0.29, 0.717) is 0 Å². The van der Waals surface area contributed by atoms with Gasteiger partial charge in [-0.25, -0.2) is 4.63 Å². The van der Waals surface area contributed by atoms with Gasteiger partial charge < -0.3 is 16.4 Å². The van der Waals surface area contributed by atoms with E-state index in [-0.39, 0.29) is 35.9 Å². The minimum absolute atomic E-state index is 0.0772. The minimum Gasteiger partial charge on any atom is -0.379 e. The van der Waals surface area contributed by atoms with Crippen molar-refractivity contribution in [2.75, 3.05) is 12.3 Å². The molecule has 18 heavy (non-hydrogen) atoms. The first-order chi connectivity index (χ1) is 8.29. The highest BCUT2D eigenvalue weighted by molar-refractivity contribution is 5.96. The van der Waals surface area contributed by atoms with Gasteiger partial charge in [-0.05, 0) is 31.1 Å². The number of hydrogen-bond donors (Lipinski definition) is 3. The van der Waals surface area contributed by atoms with Crippen LogP contribution in [0, 0.1) is 0 Å². The molecule has 0 spiro atoms. The molecule has 0 saturated carbocycles. The predicted octanol–water partition coefficient (Wildman–Crippen LogP) is -0.314. The van der Waals surface area contributed by atoms with Gasteiger partial charge in [0.15, 0.2) is 0 Å². The molecule has 1 heterocycles. The number of amides is 2. The van der Waals surface area contributed by atoms with Crippen molar-refractivity contribution < 1.29 is 14.2 Å². The van der Waals surface area contributed by atoms with Gasteiger partial charge in [0.25, 0.3) is 5.91 Å². The van der Waals surface area contributed by atoms with Crippen LogP contribution in [0.15, 0.2) is 4.63 Å². The summed E-state index contributed by atoms with van der Waals surface area (Å²) in [5.41, 5.74) is 4.98. The lowest BCUT2D eigenvalue weighted by molar-refractivity contribution is -0.122. The van der Waals surface area contributed by atoms with Crippen molar-refractivity contribution in [2.45, 2.75) is 32.7 Å². The van der Waals surface area contributed by atoms with Crippen LogP contribution in [0.1, 0.15) is 37.7 Å². The minimum atomic E-state index is -0.516. The van der Waals surface area contributed by atoms with Crippen molar-refractivity contribution in [1.82, 2.24) is 20.9 Å². The van der Waals surface area contributed by atoms with Gasteiger partial charge in [-0.3, -0.25) is 9.59 Å². The first-order valence-electron chi connectivity index (χ1n) is 5.47. The van der Waals surface area contributed by atoms with E-state index in [4.69, 9.17) is 5.73 Å². The van der Waals surface area contributed by atoms with Crippen LogP contribution in [0.2, 0.25) is 0 Å². The Morgan fingerprint density at radius 2 is 2.00 bits per heavy atom. The molecule has 1 aromatic rings. The van der Waals surface area contributed by atoms with Crippen LogP contribution in [-0.4, -0.2) is 34.2 Å². The molecule has 0 bridgehead atoms. The number of rotatable bonds is 4. The van der Waals surface area contributed by atoms with Crippen molar-refractivity contribution in [3.05, 3.63) is 5.69 Å². The molecule has 0 unspecified atom stereocenters. The fourth-order valence-electron chi connectivity index (χ4n) is 1.21. The molecular weight excluding hydrogens is 238 g/mol. The van der Waals surface area contributed by atoms with Gasteiger partial charge in [-0.1, -0.05) is 0 Å². The van der Waals surface area contributed by atoms with E-state index in [9.17, 15) is 9.59 Å². The van der Waals surface area contributed by atoms with Crippen LogP contribution in [-0.2, 0) is 4.79 Å². The summed E-state index contributed by atoms with van der Waals surface area (Å²) in [5.74, 6) is -0.738. The van der Waals surface area contributed by atoms with Crippen molar-refractivity contribution in [1.29, 1.82) is 0 Å². The van der Waals surface area contributed by atoms with Gasteiger partial charge >= 0.3 is 0 Å². The van der Waals surface area contributed by atoms with Gasteiger partial charge in [0, 0.05) is 18.5 Å². The molecule has 0 aliphatic heterocycles. The van der Waals surface area contributed by atoms with Crippen LogP contribution in [0.3, 0.4) is 0 Å². The van der Waals surface area contributed by atoms with E-state index < -0.39 is 5.91 Å². The fourth-order valence-corrected chi connectivity index (χ4v) is 1.21. The normalized spacial score (nSPS) is 11.1. The molecule has 2 amide bonds. The SMILES string of the molecule is CC(C)(C)NC(=O)CCNC(=O)c1nonc1N. The number of nitrogen functional groups attached to an aromatic ring is 1. The third-order valence-corrected chi connectivity index (χ3v) is 1.88. The Balaban J connectivity index is 2.33. The van der Waals surface area contributed by atoms with Crippen molar-refractivity contribution in [3.63, 3.8) is 0 Å². The number of nitrogens with one attached hydrogen (secondary N) is 2. The summed E-state index contributed by atoms with van der Waals surface area (Å²) >= 11 is 0.